The van der Waals surface area contributed by atoms with E-state index in [0.29, 0.717) is 17.8 Å². The summed E-state index contributed by atoms with van der Waals surface area (Å²) in [5.74, 6) is 1.94. The molecule has 0 aromatic carbocycles. The lowest BCUT2D eigenvalue weighted by atomic mass is 9.38. The van der Waals surface area contributed by atoms with Crippen molar-refractivity contribution >= 4 is 0 Å². The maximum atomic E-state index is 11.6. The van der Waals surface area contributed by atoms with E-state index in [9.17, 15) is 10.2 Å². The molecule has 1 saturated heterocycles. The molecular formula is C30H46O3. The molecule has 3 nitrogen and oxygen atoms in total. The Balaban J connectivity index is 1.52. The molecule has 1 heterocycles. The van der Waals surface area contributed by atoms with Gasteiger partial charge in [-0.15, -0.1) is 0 Å². The predicted octanol–water partition coefficient (Wildman–Crippen LogP) is 6.42. The Morgan fingerprint density at radius 2 is 1.82 bits per heavy atom. The van der Waals surface area contributed by atoms with Crippen LogP contribution in [0.3, 0.4) is 0 Å². The third-order valence-electron chi connectivity index (χ3n) is 12.1. The van der Waals surface area contributed by atoms with Crippen molar-refractivity contribution in [3.8, 4) is 0 Å². The largest absolute Gasteiger partial charge is 0.392 e. The number of rotatable bonds is 4. The average molecular weight is 455 g/mol. The standard InChI is InChI=1S/C30H46O3/c1-19(2)9-8-10-20(3)21-13-15-28(7)22-14-16-30-23(11-12-24(31)26(30,4)5)29(22,25(32)33-30)18-17-27(21,28)6/h8-9,14,16,20-25,31-32H,1,10-13,15,17-18H2,2-7H3/b9-8+/t20-,21?,22?,23?,24+,25?,27-,28+,29?,30?/m1/s1. The molecule has 33 heavy (non-hydrogen) atoms. The molecule has 1 spiro atoms. The maximum absolute atomic E-state index is 11.6. The quantitative estimate of drug-likeness (QED) is 0.381. The van der Waals surface area contributed by atoms with Crippen molar-refractivity contribution in [3.05, 3.63) is 36.5 Å². The number of ether oxygens (including phenoxy) is 1. The van der Waals surface area contributed by atoms with Gasteiger partial charge in [-0.2, -0.15) is 0 Å². The minimum Gasteiger partial charge on any atom is -0.392 e. The summed E-state index contributed by atoms with van der Waals surface area (Å²) in [6.45, 7) is 17.9. The Morgan fingerprint density at radius 3 is 2.52 bits per heavy atom. The number of aliphatic hydroxyl groups excluding tert-OH is 2. The van der Waals surface area contributed by atoms with Crippen LogP contribution in [0.4, 0.5) is 0 Å². The van der Waals surface area contributed by atoms with E-state index in [1.54, 1.807) is 0 Å². The van der Waals surface area contributed by atoms with Gasteiger partial charge in [-0.3, -0.25) is 0 Å². The lowest BCUT2D eigenvalue weighted by Gasteiger charge is -2.65. The second kappa shape index (κ2) is 7.31. The van der Waals surface area contributed by atoms with E-state index in [1.165, 1.54) is 12.8 Å². The van der Waals surface area contributed by atoms with E-state index in [2.05, 4.69) is 72.4 Å². The first kappa shape index (κ1) is 23.8. The molecule has 0 amide bonds. The number of aliphatic hydroxyl groups is 2. The molecule has 5 aliphatic rings. The summed E-state index contributed by atoms with van der Waals surface area (Å²) in [6, 6.07) is 0. The zero-order valence-corrected chi connectivity index (χ0v) is 21.7. The van der Waals surface area contributed by atoms with E-state index in [1.807, 2.05) is 0 Å². The second-order valence-electron chi connectivity index (χ2n) is 13.5. The molecule has 10 atom stereocenters. The van der Waals surface area contributed by atoms with Crippen molar-refractivity contribution in [1.29, 1.82) is 0 Å². The van der Waals surface area contributed by atoms with Crippen molar-refractivity contribution in [2.75, 3.05) is 0 Å². The molecule has 5 rings (SSSR count). The van der Waals surface area contributed by atoms with E-state index in [0.717, 1.165) is 37.7 Å². The van der Waals surface area contributed by atoms with Crippen LogP contribution < -0.4 is 0 Å². The van der Waals surface area contributed by atoms with Gasteiger partial charge in [0.15, 0.2) is 6.29 Å². The molecule has 3 heteroatoms. The minimum absolute atomic E-state index is 0.153. The van der Waals surface area contributed by atoms with Gasteiger partial charge in [0.25, 0.3) is 0 Å². The Hall–Kier alpha value is -0.900. The van der Waals surface area contributed by atoms with Gasteiger partial charge in [-0.25, -0.2) is 0 Å². The number of allylic oxidation sites excluding steroid dienone is 4. The first-order chi connectivity index (χ1) is 15.4. The molecule has 1 aliphatic heterocycles. The minimum atomic E-state index is -0.747. The molecule has 0 aromatic heterocycles. The maximum Gasteiger partial charge on any atom is 0.162 e. The Labute approximate surface area is 201 Å². The molecular weight excluding hydrogens is 408 g/mol. The Kier molecular flexibility index (Phi) is 5.27. The van der Waals surface area contributed by atoms with Gasteiger partial charge in [0.1, 0.15) is 5.60 Å². The van der Waals surface area contributed by atoms with Crippen molar-refractivity contribution in [2.45, 2.75) is 104 Å². The van der Waals surface area contributed by atoms with Crippen LogP contribution in [0.1, 0.15) is 86.5 Å². The second-order valence-corrected chi connectivity index (χ2v) is 13.5. The van der Waals surface area contributed by atoms with Crippen LogP contribution in [0, 0.1) is 45.3 Å². The SMILES string of the molecule is C=C(C)/C=C/C[C@@H](C)C1CC[C@@]2(C)C3C=CC45OC(O)C3(CC[C@]12C)C4CC[C@H](O)C5(C)C. The summed E-state index contributed by atoms with van der Waals surface area (Å²) < 4.78 is 6.59. The first-order valence-electron chi connectivity index (χ1n) is 13.4. The van der Waals surface area contributed by atoms with Crippen LogP contribution >= 0.6 is 0 Å². The summed E-state index contributed by atoms with van der Waals surface area (Å²) in [4.78, 5) is 0. The highest BCUT2D eigenvalue weighted by atomic mass is 16.6. The van der Waals surface area contributed by atoms with E-state index in [4.69, 9.17) is 4.74 Å². The summed E-state index contributed by atoms with van der Waals surface area (Å²) in [5.41, 5.74) is 0.360. The highest BCUT2D eigenvalue weighted by Crippen LogP contribution is 2.78. The molecule has 2 bridgehead atoms. The van der Waals surface area contributed by atoms with Crippen molar-refractivity contribution in [2.24, 2.45) is 45.3 Å². The van der Waals surface area contributed by atoms with E-state index < -0.39 is 23.4 Å². The Morgan fingerprint density at radius 1 is 1.09 bits per heavy atom. The molecule has 3 saturated carbocycles. The van der Waals surface area contributed by atoms with Crippen molar-refractivity contribution in [3.63, 3.8) is 0 Å². The summed E-state index contributed by atoms with van der Waals surface area (Å²) in [7, 11) is 0. The van der Waals surface area contributed by atoms with Crippen LogP contribution in [0.2, 0.25) is 0 Å². The van der Waals surface area contributed by atoms with Crippen LogP contribution in [0.25, 0.3) is 0 Å². The molecule has 0 radical (unpaired) electrons. The zero-order chi connectivity index (χ0) is 24.0. The van der Waals surface area contributed by atoms with Gasteiger partial charge in [-0.1, -0.05) is 71.1 Å². The number of hydrogen-bond donors (Lipinski definition) is 2. The fraction of sp³-hybridized carbons (Fsp3) is 0.800. The highest BCUT2D eigenvalue weighted by Gasteiger charge is 2.78. The van der Waals surface area contributed by atoms with Gasteiger partial charge in [0.05, 0.1) is 6.10 Å². The predicted molar refractivity (Wildman–Crippen MR) is 133 cm³/mol. The first-order valence-corrected chi connectivity index (χ1v) is 13.4. The molecule has 184 valence electrons. The topological polar surface area (TPSA) is 49.7 Å². The van der Waals surface area contributed by atoms with Gasteiger partial charge >= 0.3 is 0 Å². The summed E-state index contributed by atoms with van der Waals surface area (Å²) >= 11 is 0. The van der Waals surface area contributed by atoms with Crippen LogP contribution in [0.15, 0.2) is 36.5 Å². The third kappa shape index (κ3) is 2.74. The molecule has 6 unspecified atom stereocenters. The van der Waals surface area contributed by atoms with Crippen LogP contribution in [0.5, 0.6) is 0 Å². The Bertz CT molecular complexity index is 887. The molecule has 2 N–H and O–H groups in total. The number of hydrogen-bond acceptors (Lipinski definition) is 3. The lowest BCUT2D eigenvalue weighted by molar-refractivity contribution is -0.213. The monoisotopic (exact) mass is 454 g/mol. The average Bonchev–Trinajstić information content (AvgIpc) is 3.09. The van der Waals surface area contributed by atoms with Crippen LogP contribution in [-0.4, -0.2) is 28.2 Å². The van der Waals surface area contributed by atoms with Gasteiger partial charge in [0, 0.05) is 16.7 Å². The fourth-order valence-corrected chi connectivity index (χ4v) is 9.90. The van der Waals surface area contributed by atoms with Crippen molar-refractivity contribution < 1.29 is 14.9 Å². The highest BCUT2D eigenvalue weighted by molar-refractivity contribution is 5.34. The van der Waals surface area contributed by atoms with Gasteiger partial charge < -0.3 is 14.9 Å². The fourth-order valence-electron chi connectivity index (χ4n) is 9.90. The van der Waals surface area contributed by atoms with Gasteiger partial charge in [-0.05, 0) is 80.5 Å². The van der Waals surface area contributed by atoms with Gasteiger partial charge in [0.2, 0.25) is 0 Å². The number of fused-ring (bicyclic) bond motifs is 2. The normalized spacial score (nSPS) is 52.9. The smallest absolute Gasteiger partial charge is 0.162 e. The zero-order valence-electron chi connectivity index (χ0n) is 21.7. The third-order valence-corrected chi connectivity index (χ3v) is 12.1. The molecule has 0 aromatic rings. The summed E-state index contributed by atoms with van der Waals surface area (Å²) in [6.07, 6.45) is 15.6. The molecule has 4 fully saturated rings. The van der Waals surface area contributed by atoms with Crippen LogP contribution in [-0.2, 0) is 4.74 Å². The summed E-state index contributed by atoms with van der Waals surface area (Å²) in [5, 5.41) is 22.5. The van der Waals surface area contributed by atoms with Crippen molar-refractivity contribution in [1.82, 2.24) is 0 Å². The van der Waals surface area contributed by atoms with E-state index >= 15 is 0 Å². The van der Waals surface area contributed by atoms with E-state index in [-0.39, 0.29) is 22.2 Å². The molecule has 4 aliphatic carbocycles. The lowest BCUT2D eigenvalue weighted by Crippen LogP contribution is -2.65.